The average molecular weight is 247 g/mol. The molecule has 0 unspecified atom stereocenters. The maximum Gasteiger partial charge on any atom is 0.0459 e. The Kier molecular flexibility index (Phi) is 2.96. The Morgan fingerprint density at radius 3 is 2.42 bits per heavy atom. The van der Waals surface area contributed by atoms with E-state index >= 15 is 0 Å². The van der Waals surface area contributed by atoms with Crippen molar-refractivity contribution in [1.29, 1.82) is 0 Å². The monoisotopic (exact) mass is 247 g/mol. The van der Waals surface area contributed by atoms with E-state index in [0.717, 1.165) is 0 Å². The maximum atomic E-state index is 4.03. The van der Waals surface area contributed by atoms with Crippen LogP contribution in [0.1, 0.15) is 22.7 Å². The summed E-state index contributed by atoms with van der Waals surface area (Å²) >= 11 is 0. The highest BCUT2D eigenvalue weighted by atomic mass is 14.7. The fourth-order valence-corrected chi connectivity index (χ4v) is 2.78. The van der Waals surface area contributed by atoms with Crippen LogP contribution in [0.4, 0.5) is 0 Å². The van der Waals surface area contributed by atoms with Crippen LogP contribution in [-0.2, 0) is 0 Å². The van der Waals surface area contributed by atoms with Gasteiger partial charge in [-0.1, -0.05) is 54.6 Å². The molecule has 0 aliphatic carbocycles. The van der Waals surface area contributed by atoms with Gasteiger partial charge in [0.15, 0.2) is 0 Å². The lowest BCUT2D eigenvalue weighted by molar-refractivity contribution is 1.02. The zero-order valence-electron chi connectivity index (χ0n) is 11.1. The molecular formula is C18H17N. The Hall–Kier alpha value is -2.28. The van der Waals surface area contributed by atoms with Crippen molar-refractivity contribution >= 4 is 10.9 Å². The molecule has 1 N–H and O–H groups in total. The second-order valence-corrected chi connectivity index (χ2v) is 4.83. The lowest BCUT2D eigenvalue weighted by atomic mass is 9.89. The van der Waals surface area contributed by atoms with Crippen molar-refractivity contribution in [3.63, 3.8) is 0 Å². The van der Waals surface area contributed by atoms with Crippen molar-refractivity contribution in [2.24, 2.45) is 0 Å². The first kappa shape index (κ1) is 11.8. The summed E-state index contributed by atoms with van der Waals surface area (Å²) in [6.45, 7) is 6.16. The quantitative estimate of drug-likeness (QED) is 0.640. The van der Waals surface area contributed by atoms with Gasteiger partial charge in [0.05, 0.1) is 0 Å². The van der Waals surface area contributed by atoms with Crippen molar-refractivity contribution in [1.82, 2.24) is 4.98 Å². The van der Waals surface area contributed by atoms with Gasteiger partial charge >= 0.3 is 0 Å². The van der Waals surface area contributed by atoms with Gasteiger partial charge in [-0.15, -0.1) is 6.58 Å². The van der Waals surface area contributed by atoms with Gasteiger partial charge in [0.25, 0.3) is 0 Å². The molecule has 1 nitrogen and oxygen atoms in total. The van der Waals surface area contributed by atoms with E-state index in [2.05, 4.69) is 67.0 Å². The van der Waals surface area contributed by atoms with E-state index in [4.69, 9.17) is 0 Å². The largest absolute Gasteiger partial charge is 0.358 e. The molecule has 0 bridgehead atoms. The van der Waals surface area contributed by atoms with E-state index in [-0.39, 0.29) is 5.92 Å². The molecule has 0 saturated heterocycles. The highest BCUT2D eigenvalue weighted by Crippen LogP contribution is 2.34. The number of allylic oxidation sites excluding steroid dienone is 1. The van der Waals surface area contributed by atoms with E-state index < -0.39 is 0 Å². The van der Waals surface area contributed by atoms with Gasteiger partial charge in [-0.2, -0.15) is 0 Å². The molecule has 0 aliphatic rings. The van der Waals surface area contributed by atoms with Crippen LogP contribution in [-0.4, -0.2) is 4.98 Å². The molecule has 0 spiro atoms. The van der Waals surface area contributed by atoms with E-state index in [1.165, 1.54) is 27.7 Å². The van der Waals surface area contributed by atoms with Gasteiger partial charge in [0, 0.05) is 22.5 Å². The second kappa shape index (κ2) is 4.77. The minimum absolute atomic E-state index is 0.234. The Balaban J connectivity index is 2.22. The summed E-state index contributed by atoms with van der Waals surface area (Å²) in [7, 11) is 0. The predicted molar refractivity (Wildman–Crippen MR) is 81.5 cm³/mol. The zero-order valence-corrected chi connectivity index (χ0v) is 11.1. The van der Waals surface area contributed by atoms with Crippen LogP contribution < -0.4 is 0 Å². The number of rotatable bonds is 3. The smallest absolute Gasteiger partial charge is 0.0459 e. The number of H-pyrrole nitrogens is 1. The van der Waals surface area contributed by atoms with Crippen molar-refractivity contribution in [3.8, 4) is 0 Å². The molecule has 3 rings (SSSR count). The third-order valence-corrected chi connectivity index (χ3v) is 3.65. The predicted octanol–water partition coefficient (Wildman–Crippen LogP) is 4.79. The minimum Gasteiger partial charge on any atom is -0.358 e. The fourth-order valence-electron chi connectivity index (χ4n) is 2.78. The number of nitrogens with one attached hydrogen (secondary N) is 1. The van der Waals surface area contributed by atoms with Crippen molar-refractivity contribution < 1.29 is 0 Å². The van der Waals surface area contributed by atoms with Gasteiger partial charge in [-0.05, 0) is 24.1 Å². The van der Waals surface area contributed by atoms with Crippen molar-refractivity contribution in [2.45, 2.75) is 12.8 Å². The lowest BCUT2D eigenvalue weighted by Gasteiger charge is -2.14. The van der Waals surface area contributed by atoms with Crippen LogP contribution in [0, 0.1) is 6.92 Å². The number of aromatic amines is 1. The molecule has 1 heterocycles. The van der Waals surface area contributed by atoms with Crippen molar-refractivity contribution in [2.75, 3.05) is 0 Å². The number of hydrogen-bond donors (Lipinski definition) is 1. The van der Waals surface area contributed by atoms with Crippen LogP contribution in [0.25, 0.3) is 10.9 Å². The third kappa shape index (κ3) is 1.97. The number of aromatic nitrogens is 1. The Morgan fingerprint density at radius 2 is 1.68 bits per heavy atom. The van der Waals surface area contributed by atoms with Crippen LogP contribution >= 0.6 is 0 Å². The molecule has 3 aromatic rings. The molecule has 2 aromatic carbocycles. The molecule has 0 fully saturated rings. The Bertz CT molecular complexity index is 707. The number of benzene rings is 2. The average Bonchev–Trinajstić information content (AvgIpc) is 2.78. The molecule has 0 saturated carbocycles. The summed E-state index contributed by atoms with van der Waals surface area (Å²) in [6.07, 6.45) is 2.03. The van der Waals surface area contributed by atoms with Gasteiger partial charge in [0.2, 0.25) is 0 Å². The van der Waals surface area contributed by atoms with Crippen LogP contribution in [0.15, 0.2) is 67.3 Å². The summed E-state index contributed by atoms with van der Waals surface area (Å²) in [5.74, 6) is 0.234. The first-order chi connectivity index (χ1) is 9.31. The van der Waals surface area contributed by atoms with Crippen LogP contribution in [0.5, 0.6) is 0 Å². The zero-order chi connectivity index (χ0) is 13.2. The van der Waals surface area contributed by atoms with Gasteiger partial charge in [-0.25, -0.2) is 0 Å². The molecule has 19 heavy (non-hydrogen) atoms. The Labute approximate surface area is 113 Å². The van der Waals surface area contributed by atoms with Gasteiger partial charge in [0.1, 0.15) is 0 Å². The van der Waals surface area contributed by atoms with Crippen LogP contribution in [0.2, 0.25) is 0 Å². The van der Waals surface area contributed by atoms with Crippen LogP contribution in [0.3, 0.4) is 0 Å². The van der Waals surface area contributed by atoms with E-state index in [9.17, 15) is 0 Å². The molecule has 1 heteroatoms. The minimum atomic E-state index is 0.234. The SMILES string of the molecule is C=C[C@@H](c1ccccc1)c1c(C)[nH]c2ccccc12. The molecule has 1 aromatic heterocycles. The lowest BCUT2D eigenvalue weighted by Crippen LogP contribution is -1.98. The van der Waals surface area contributed by atoms with Gasteiger partial charge < -0.3 is 4.98 Å². The first-order valence-corrected chi connectivity index (χ1v) is 6.56. The van der Waals surface area contributed by atoms with Crippen molar-refractivity contribution in [3.05, 3.63) is 84.1 Å². The van der Waals surface area contributed by atoms with E-state index in [1.54, 1.807) is 0 Å². The standard InChI is InChI=1S/C18H17N/c1-3-15(14-9-5-4-6-10-14)18-13(2)19-17-12-8-7-11-16(17)18/h3-12,15,19H,1H2,2H3/t15-/m0/s1. The van der Waals surface area contributed by atoms with E-state index in [1.807, 2.05) is 12.1 Å². The molecule has 0 radical (unpaired) electrons. The number of hydrogen-bond acceptors (Lipinski definition) is 0. The second-order valence-electron chi connectivity index (χ2n) is 4.83. The topological polar surface area (TPSA) is 15.8 Å². The normalized spacial score (nSPS) is 12.5. The molecule has 1 atom stereocenters. The Morgan fingerprint density at radius 1 is 1.00 bits per heavy atom. The molecule has 0 aliphatic heterocycles. The molecule has 0 amide bonds. The third-order valence-electron chi connectivity index (χ3n) is 3.65. The summed E-state index contributed by atoms with van der Waals surface area (Å²) in [5, 5.41) is 1.29. The highest BCUT2D eigenvalue weighted by Gasteiger charge is 2.17. The summed E-state index contributed by atoms with van der Waals surface area (Å²) < 4.78 is 0. The summed E-state index contributed by atoms with van der Waals surface area (Å²) in [4.78, 5) is 3.46. The number of aryl methyl sites for hydroxylation is 1. The fraction of sp³-hybridized carbons (Fsp3) is 0.111. The van der Waals surface area contributed by atoms with E-state index in [0.29, 0.717) is 0 Å². The highest BCUT2D eigenvalue weighted by molar-refractivity contribution is 5.86. The maximum absolute atomic E-state index is 4.03. The molecular weight excluding hydrogens is 230 g/mol. The first-order valence-electron chi connectivity index (χ1n) is 6.56. The molecule has 94 valence electrons. The summed E-state index contributed by atoms with van der Waals surface area (Å²) in [6, 6.07) is 19.0. The number of fused-ring (bicyclic) bond motifs is 1. The van der Waals surface area contributed by atoms with Gasteiger partial charge in [-0.3, -0.25) is 0 Å². The summed E-state index contributed by atoms with van der Waals surface area (Å²) in [5.41, 5.74) is 5.02. The number of para-hydroxylation sites is 1.